The summed E-state index contributed by atoms with van der Waals surface area (Å²) in [5.74, 6) is 3.09. The number of halogens is 2. The summed E-state index contributed by atoms with van der Waals surface area (Å²) in [5.41, 5.74) is 1.71. The van der Waals surface area contributed by atoms with Crippen LogP contribution in [0.25, 0.3) is 22.6 Å². The molecule has 3 saturated carbocycles. The Bertz CT molecular complexity index is 1880. The summed E-state index contributed by atoms with van der Waals surface area (Å²) in [5, 5.41) is 14.0. The molecule has 2 aromatic heterocycles. The molecule has 3 heterocycles. The zero-order valence-electron chi connectivity index (χ0n) is 27.8. The number of aryl methyl sites for hydroxylation is 1. The normalized spacial score (nSPS) is 25.2. The van der Waals surface area contributed by atoms with E-state index >= 15 is 0 Å². The third-order valence-electron chi connectivity index (χ3n) is 11.0. The summed E-state index contributed by atoms with van der Waals surface area (Å²) in [7, 11) is 1.49. The van der Waals surface area contributed by atoms with Crippen molar-refractivity contribution in [2.45, 2.75) is 58.7 Å². The van der Waals surface area contributed by atoms with Crippen LogP contribution >= 0.6 is 0 Å². The van der Waals surface area contributed by atoms with Crippen LogP contribution in [0.2, 0.25) is 0 Å². The highest BCUT2D eigenvalue weighted by molar-refractivity contribution is 5.96. The molecule has 5 atom stereocenters. The van der Waals surface area contributed by atoms with Gasteiger partial charge in [0, 0.05) is 37.9 Å². The van der Waals surface area contributed by atoms with Crippen LogP contribution in [0.5, 0.6) is 5.75 Å². The molecule has 0 radical (unpaired) electrons. The van der Waals surface area contributed by atoms with Gasteiger partial charge in [0.1, 0.15) is 24.6 Å². The third-order valence-corrected chi connectivity index (χ3v) is 11.0. The van der Waals surface area contributed by atoms with E-state index in [1.807, 2.05) is 12.1 Å². The van der Waals surface area contributed by atoms with Gasteiger partial charge in [0.25, 0.3) is 5.56 Å². The molecule has 2 aromatic carbocycles. The number of hydrogen-bond donors (Lipinski definition) is 3. The Hall–Kier alpha value is -4.39. The Morgan fingerprint density at radius 2 is 2.06 bits per heavy atom. The molecule has 4 aromatic rings. The number of nitrogens with zero attached hydrogens (tertiary/aromatic N) is 6. The van der Waals surface area contributed by atoms with Crippen molar-refractivity contribution in [2.24, 2.45) is 28.2 Å². The van der Waals surface area contributed by atoms with Gasteiger partial charge in [-0.25, -0.2) is 23.7 Å². The summed E-state index contributed by atoms with van der Waals surface area (Å²) in [6.07, 6.45) is 3.91. The van der Waals surface area contributed by atoms with E-state index in [-0.39, 0.29) is 30.6 Å². The maximum absolute atomic E-state index is 14.8. The van der Waals surface area contributed by atoms with Crippen molar-refractivity contribution in [2.75, 3.05) is 38.7 Å². The minimum absolute atomic E-state index is 0.169. The van der Waals surface area contributed by atoms with Crippen LogP contribution in [0, 0.1) is 29.0 Å². The zero-order valence-corrected chi connectivity index (χ0v) is 27.8. The lowest BCUT2D eigenvalue weighted by atomic mass is 9.45. The second kappa shape index (κ2) is 12.9. The fourth-order valence-electron chi connectivity index (χ4n) is 7.98. The molecule has 11 nitrogen and oxygen atoms in total. The van der Waals surface area contributed by atoms with Gasteiger partial charge in [0.15, 0.2) is 17.6 Å². The molecule has 4 fully saturated rings. The van der Waals surface area contributed by atoms with E-state index in [1.54, 1.807) is 18.2 Å². The van der Waals surface area contributed by atoms with Gasteiger partial charge < -0.3 is 20.3 Å². The lowest BCUT2D eigenvalue weighted by molar-refractivity contribution is -0.108. The molecule has 8 rings (SSSR count). The number of nitrogens with one attached hydrogen (secondary N) is 3. The molecule has 1 unspecified atom stereocenters. The number of aromatic nitrogens is 5. The van der Waals surface area contributed by atoms with Crippen LogP contribution in [0.1, 0.15) is 39.2 Å². The van der Waals surface area contributed by atoms with Crippen molar-refractivity contribution in [1.29, 1.82) is 0 Å². The molecule has 254 valence electrons. The van der Waals surface area contributed by atoms with Gasteiger partial charge in [0.05, 0.1) is 30.1 Å². The van der Waals surface area contributed by atoms with Crippen molar-refractivity contribution in [1.82, 2.24) is 34.9 Å². The molecule has 0 amide bonds. The van der Waals surface area contributed by atoms with Crippen LogP contribution in [0.4, 0.5) is 14.5 Å². The van der Waals surface area contributed by atoms with Gasteiger partial charge >= 0.3 is 0 Å². The zero-order chi connectivity index (χ0) is 33.6. The lowest BCUT2D eigenvalue weighted by Crippen LogP contribution is -2.58. The van der Waals surface area contributed by atoms with Crippen molar-refractivity contribution < 1.29 is 13.5 Å². The Morgan fingerprint density at radius 1 is 1.21 bits per heavy atom. The molecule has 48 heavy (non-hydrogen) atoms. The third kappa shape index (κ3) is 5.93. The maximum atomic E-state index is 14.8. The van der Waals surface area contributed by atoms with Gasteiger partial charge in [-0.2, -0.15) is 5.10 Å². The number of piperazine rings is 1. The maximum Gasteiger partial charge on any atom is 0.261 e. The quantitative estimate of drug-likeness (QED) is 0.185. The van der Waals surface area contributed by atoms with Crippen LogP contribution in [0.15, 0.2) is 52.5 Å². The number of aromatic amines is 1. The first kappa shape index (κ1) is 32.2. The number of rotatable bonds is 8. The minimum Gasteiger partial charge on any atom is -0.497 e. The SMILES string of the molecule is COc1ccc(CCn2c(-c3ncn[nH]3)nc3cc(NC(=NC4C[C@@H]5C[C@H]([C@@H]4C)C5(C)C)N4CCN[C@@H](CF)C4)ccc3c2=O)c(F)c1. The van der Waals surface area contributed by atoms with E-state index in [9.17, 15) is 13.6 Å². The number of anilines is 1. The fraction of sp³-hybridized carbons (Fsp3) is 0.514. The molecule has 13 heteroatoms. The Labute approximate surface area is 278 Å². The Balaban J connectivity index is 1.22. The second-order valence-electron chi connectivity index (χ2n) is 14.0. The van der Waals surface area contributed by atoms with Crippen LogP contribution in [-0.2, 0) is 13.0 Å². The number of benzene rings is 2. The molecule has 2 bridgehead atoms. The highest BCUT2D eigenvalue weighted by Crippen LogP contribution is 2.61. The van der Waals surface area contributed by atoms with Crippen molar-refractivity contribution in [3.63, 3.8) is 0 Å². The molecular weight excluding hydrogens is 616 g/mol. The lowest BCUT2D eigenvalue weighted by Gasteiger charge is -2.61. The molecule has 3 N–H and O–H groups in total. The average Bonchev–Trinajstić information content (AvgIpc) is 3.63. The predicted octanol–water partition coefficient (Wildman–Crippen LogP) is 4.65. The van der Waals surface area contributed by atoms with Crippen molar-refractivity contribution >= 4 is 22.5 Å². The number of guanidine groups is 1. The van der Waals surface area contributed by atoms with Crippen molar-refractivity contribution in [3.05, 3.63) is 64.5 Å². The molecule has 3 aliphatic carbocycles. The van der Waals surface area contributed by atoms with Crippen LogP contribution in [0.3, 0.4) is 0 Å². The topological polar surface area (TPSA) is 125 Å². The number of H-pyrrole nitrogens is 1. The summed E-state index contributed by atoms with van der Waals surface area (Å²) in [6, 6.07) is 10.0. The monoisotopic (exact) mass is 659 g/mol. The first-order chi connectivity index (χ1) is 23.2. The van der Waals surface area contributed by atoms with Crippen molar-refractivity contribution in [3.8, 4) is 17.4 Å². The molecule has 0 spiro atoms. The highest BCUT2D eigenvalue weighted by Gasteiger charge is 2.56. The molecule has 1 saturated heterocycles. The second-order valence-corrected chi connectivity index (χ2v) is 14.0. The van der Waals surface area contributed by atoms with Crippen LogP contribution in [-0.4, -0.2) is 81.1 Å². The summed E-state index contributed by atoms with van der Waals surface area (Å²) < 4.78 is 35.2. The number of methoxy groups -OCH3 is 1. The van der Waals surface area contributed by atoms with E-state index in [2.05, 4.69) is 51.5 Å². The summed E-state index contributed by atoms with van der Waals surface area (Å²) in [4.78, 5) is 30.5. The first-order valence-electron chi connectivity index (χ1n) is 16.8. The van der Waals surface area contributed by atoms with E-state index < -0.39 is 12.5 Å². The largest absolute Gasteiger partial charge is 0.497 e. The molecular formula is C35H43F2N9O2. The summed E-state index contributed by atoms with van der Waals surface area (Å²) >= 11 is 0. The molecule has 4 aliphatic rings. The minimum atomic E-state index is -0.455. The van der Waals surface area contributed by atoms with Gasteiger partial charge in [-0.3, -0.25) is 14.5 Å². The molecule has 1 aliphatic heterocycles. The Morgan fingerprint density at radius 3 is 2.77 bits per heavy atom. The van der Waals surface area contributed by atoms with Gasteiger partial charge in [-0.05, 0) is 72.3 Å². The number of hydrogen-bond acceptors (Lipinski definition) is 7. The van der Waals surface area contributed by atoms with E-state index in [0.29, 0.717) is 76.7 Å². The number of ether oxygens (including phenoxy) is 1. The summed E-state index contributed by atoms with van der Waals surface area (Å²) in [6.45, 7) is 8.65. The van der Waals surface area contributed by atoms with Gasteiger partial charge in [0.2, 0.25) is 0 Å². The average molecular weight is 660 g/mol. The van der Waals surface area contributed by atoms with Gasteiger partial charge in [-0.15, -0.1) is 0 Å². The smallest absolute Gasteiger partial charge is 0.261 e. The first-order valence-corrected chi connectivity index (χ1v) is 16.8. The fourth-order valence-corrected chi connectivity index (χ4v) is 7.98. The van der Waals surface area contributed by atoms with E-state index in [4.69, 9.17) is 14.7 Å². The van der Waals surface area contributed by atoms with Gasteiger partial charge in [-0.1, -0.05) is 26.8 Å². The number of aliphatic imine (C=N–C) groups is 1. The highest BCUT2D eigenvalue weighted by atomic mass is 19.1. The van der Waals surface area contributed by atoms with E-state index in [0.717, 1.165) is 18.1 Å². The predicted molar refractivity (Wildman–Crippen MR) is 181 cm³/mol. The number of alkyl halides is 1. The Kier molecular flexibility index (Phi) is 8.65. The van der Waals surface area contributed by atoms with E-state index in [1.165, 1.54) is 30.5 Å². The standard InChI is InChI=1S/C35H43F2N9O2/c1-20-27-13-22(35(27,2)3)14-29(20)43-34(45-12-10-38-24(17-36)18-45)41-23-6-8-26-30(15-23)42-32(31-39-19-40-44-31)46(33(26)47)11-9-21-5-7-25(48-4)16-28(21)37/h5-8,15-16,19-20,22,24,27,29,38H,9-14,17-18H2,1-4H3,(H,41,43)(H,39,40,44)/t20-,22-,24-,27+,29?/m0/s1. The van der Waals surface area contributed by atoms with Crippen LogP contribution < -0.4 is 20.9 Å². The number of fused-ring (bicyclic) bond motifs is 3.